The highest BCUT2D eigenvalue weighted by molar-refractivity contribution is 8.00. The number of nitrogens with one attached hydrogen (secondary N) is 1. The molecule has 2 N–H and O–H groups in total. The lowest BCUT2D eigenvalue weighted by Crippen LogP contribution is -2.39. The van der Waals surface area contributed by atoms with Crippen LogP contribution in [0, 0.1) is 13.8 Å². The highest BCUT2D eigenvalue weighted by Gasteiger charge is 2.28. The highest BCUT2D eigenvalue weighted by atomic mass is 32.2. The minimum atomic E-state index is -3.26. The average molecular weight is 289 g/mol. The summed E-state index contributed by atoms with van der Waals surface area (Å²) in [7, 11) is 0. The van der Waals surface area contributed by atoms with Crippen molar-refractivity contribution in [1.82, 2.24) is 5.32 Å². The standard InChI is InChI=1S/C13H17F2NO2S/c1-9-3-4-10(2)11(5-9)19-6-12(18)16-7-13(14,15)8-17/h3-5,17H,6-8H2,1-2H3,(H,16,18). The third-order valence-corrected chi connectivity index (χ3v) is 3.64. The molecule has 6 heteroatoms. The largest absolute Gasteiger partial charge is 0.390 e. The lowest BCUT2D eigenvalue weighted by Gasteiger charge is -2.14. The number of benzene rings is 1. The Balaban J connectivity index is 2.44. The minimum Gasteiger partial charge on any atom is -0.390 e. The van der Waals surface area contributed by atoms with Gasteiger partial charge in [-0.15, -0.1) is 11.8 Å². The Hall–Kier alpha value is -1.14. The molecule has 0 saturated carbocycles. The van der Waals surface area contributed by atoms with Gasteiger partial charge >= 0.3 is 0 Å². The molecule has 0 spiro atoms. The molecule has 0 aromatic heterocycles. The molecular formula is C13H17F2NO2S. The molecule has 1 aromatic rings. The van der Waals surface area contributed by atoms with Gasteiger partial charge in [0.1, 0.15) is 6.61 Å². The topological polar surface area (TPSA) is 49.3 Å². The van der Waals surface area contributed by atoms with Crippen molar-refractivity contribution >= 4 is 17.7 Å². The summed E-state index contributed by atoms with van der Waals surface area (Å²) in [6.07, 6.45) is 0. The molecule has 0 atom stereocenters. The zero-order valence-electron chi connectivity index (χ0n) is 10.9. The number of aliphatic hydroxyl groups excluding tert-OH is 1. The Bertz CT molecular complexity index is 452. The van der Waals surface area contributed by atoms with E-state index >= 15 is 0 Å². The average Bonchev–Trinajstić information content (AvgIpc) is 2.37. The van der Waals surface area contributed by atoms with Crippen LogP contribution in [0.4, 0.5) is 8.78 Å². The zero-order chi connectivity index (χ0) is 14.5. The number of aliphatic hydroxyl groups is 1. The Kier molecular flexibility index (Phi) is 5.75. The Labute approximate surface area is 115 Å². The van der Waals surface area contributed by atoms with Crippen LogP contribution in [0.15, 0.2) is 23.1 Å². The van der Waals surface area contributed by atoms with E-state index in [1.807, 2.05) is 32.0 Å². The van der Waals surface area contributed by atoms with Gasteiger partial charge in [-0.1, -0.05) is 17.7 Å². The van der Waals surface area contributed by atoms with Gasteiger partial charge in [0.2, 0.25) is 5.91 Å². The SMILES string of the molecule is Cc1ccc(C)c(SCC(=O)NCC(F)(F)CO)c1. The van der Waals surface area contributed by atoms with E-state index in [1.165, 1.54) is 11.8 Å². The third kappa shape index (κ3) is 5.57. The molecule has 0 bridgehead atoms. The van der Waals surface area contributed by atoms with Crippen molar-refractivity contribution in [1.29, 1.82) is 0 Å². The van der Waals surface area contributed by atoms with Crippen molar-refractivity contribution in [2.24, 2.45) is 0 Å². The zero-order valence-corrected chi connectivity index (χ0v) is 11.7. The second kappa shape index (κ2) is 6.86. The number of carbonyl (C=O) groups is 1. The number of hydrogen-bond donors (Lipinski definition) is 2. The first kappa shape index (κ1) is 15.9. The van der Waals surface area contributed by atoms with Gasteiger partial charge in [-0.3, -0.25) is 4.79 Å². The van der Waals surface area contributed by atoms with Crippen LogP contribution in [0.3, 0.4) is 0 Å². The van der Waals surface area contributed by atoms with Gasteiger partial charge in [-0.05, 0) is 25.5 Å². The van der Waals surface area contributed by atoms with Crippen molar-refractivity contribution in [3.05, 3.63) is 29.3 Å². The normalized spacial score (nSPS) is 11.4. The van der Waals surface area contributed by atoms with Crippen molar-refractivity contribution in [2.45, 2.75) is 24.7 Å². The minimum absolute atomic E-state index is 0.0752. The van der Waals surface area contributed by atoms with Gasteiger partial charge < -0.3 is 10.4 Å². The van der Waals surface area contributed by atoms with Crippen molar-refractivity contribution < 1.29 is 18.7 Å². The second-order valence-corrected chi connectivity index (χ2v) is 5.37. The number of halogens is 2. The number of carbonyl (C=O) groups excluding carboxylic acids is 1. The van der Waals surface area contributed by atoms with Gasteiger partial charge in [0.05, 0.1) is 12.3 Å². The molecule has 3 nitrogen and oxygen atoms in total. The predicted octanol–water partition coefficient (Wildman–Crippen LogP) is 2.14. The molecule has 0 fully saturated rings. The molecule has 19 heavy (non-hydrogen) atoms. The van der Waals surface area contributed by atoms with E-state index in [2.05, 4.69) is 5.32 Å². The van der Waals surface area contributed by atoms with Crippen molar-refractivity contribution in [2.75, 3.05) is 18.9 Å². The molecule has 1 rings (SSSR count). The number of hydrogen-bond acceptors (Lipinski definition) is 3. The molecule has 0 saturated heterocycles. The van der Waals surface area contributed by atoms with Gasteiger partial charge in [0, 0.05) is 4.90 Å². The molecule has 1 amide bonds. The van der Waals surface area contributed by atoms with E-state index in [0.29, 0.717) is 0 Å². The van der Waals surface area contributed by atoms with Gasteiger partial charge in [-0.2, -0.15) is 0 Å². The number of alkyl halides is 2. The first-order chi connectivity index (χ1) is 8.84. The Morgan fingerprint density at radius 3 is 2.74 bits per heavy atom. The van der Waals surface area contributed by atoms with E-state index in [4.69, 9.17) is 5.11 Å². The number of aryl methyl sites for hydroxylation is 2. The molecule has 0 aliphatic heterocycles. The Morgan fingerprint density at radius 1 is 1.42 bits per heavy atom. The maximum atomic E-state index is 12.7. The van der Waals surface area contributed by atoms with E-state index in [-0.39, 0.29) is 5.75 Å². The number of thioether (sulfide) groups is 1. The predicted molar refractivity (Wildman–Crippen MR) is 71.7 cm³/mol. The molecule has 0 heterocycles. The summed E-state index contributed by atoms with van der Waals surface area (Å²) in [5, 5.41) is 10.5. The lowest BCUT2D eigenvalue weighted by molar-refractivity contribution is -0.121. The van der Waals surface area contributed by atoms with Gasteiger partial charge in [0.25, 0.3) is 5.92 Å². The Morgan fingerprint density at radius 2 is 2.11 bits per heavy atom. The third-order valence-electron chi connectivity index (χ3n) is 2.48. The summed E-state index contributed by atoms with van der Waals surface area (Å²) >= 11 is 1.31. The molecule has 0 aliphatic rings. The van der Waals surface area contributed by atoms with Crippen LogP contribution in [0.1, 0.15) is 11.1 Å². The van der Waals surface area contributed by atoms with Crippen LogP contribution in [-0.4, -0.2) is 35.8 Å². The summed E-state index contributed by atoms with van der Waals surface area (Å²) in [6, 6.07) is 5.88. The van der Waals surface area contributed by atoms with E-state index in [0.717, 1.165) is 16.0 Å². The summed E-state index contributed by atoms with van der Waals surface area (Å²) < 4.78 is 25.4. The highest BCUT2D eigenvalue weighted by Crippen LogP contribution is 2.23. The number of rotatable bonds is 6. The van der Waals surface area contributed by atoms with Crippen LogP contribution in [-0.2, 0) is 4.79 Å². The van der Waals surface area contributed by atoms with E-state index < -0.39 is 25.0 Å². The van der Waals surface area contributed by atoms with Crippen LogP contribution in [0.25, 0.3) is 0 Å². The fourth-order valence-corrected chi connectivity index (χ4v) is 2.29. The van der Waals surface area contributed by atoms with Crippen LogP contribution in [0.5, 0.6) is 0 Å². The van der Waals surface area contributed by atoms with Crippen LogP contribution < -0.4 is 5.32 Å². The van der Waals surface area contributed by atoms with Crippen molar-refractivity contribution in [3.8, 4) is 0 Å². The van der Waals surface area contributed by atoms with Crippen molar-refractivity contribution in [3.63, 3.8) is 0 Å². The molecule has 106 valence electrons. The summed E-state index contributed by atoms with van der Waals surface area (Å²) in [6.45, 7) is 1.78. The molecular weight excluding hydrogens is 272 g/mol. The summed E-state index contributed by atoms with van der Waals surface area (Å²) in [5.74, 6) is -3.66. The van der Waals surface area contributed by atoms with Gasteiger partial charge in [0.15, 0.2) is 0 Å². The van der Waals surface area contributed by atoms with Crippen LogP contribution >= 0.6 is 11.8 Å². The quantitative estimate of drug-likeness (QED) is 0.789. The molecule has 0 aliphatic carbocycles. The van der Waals surface area contributed by atoms with Gasteiger partial charge in [-0.25, -0.2) is 8.78 Å². The summed E-state index contributed by atoms with van der Waals surface area (Å²) in [4.78, 5) is 12.4. The summed E-state index contributed by atoms with van der Waals surface area (Å²) in [5.41, 5.74) is 2.13. The lowest BCUT2D eigenvalue weighted by atomic mass is 10.2. The molecule has 0 unspecified atom stereocenters. The smallest absolute Gasteiger partial charge is 0.287 e. The first-order valence-electron chi connectivity index (χ1n) is 5.79. The van der Waals surface area contributed by atoms with Crippen LogP contribution in [0.2, 0.25) is 0 Å². The molecule has 1 aromatic carbocycles. The van der Waals surface area contributed by atoms with E-state index in [9.17, 15) is 13.6 Å². The van der Waals surface area contributed by atoms with E-state index in [1.54, 1.807) is 0 Å². The number of amides is 1. The monoisotopic (exact) mass is 289 g/mol. The maximum Gasteiger partial charge on any atom is 0.287 e. The molecule has 0 radical (unpaired) electrons. The fraction of sp³-hybridized carbons (Fsp3) is 0.462. The second-order valence-electron chi connectivity index (χ2n) is 4.35. The maximum absolute atomic E-state index is 12.7. The first-order valence-corrected chi connectivity index (χ1v) is 6.78. The fourth-order valence-electron chi connectivity index (χ4n) is 1.34.